The van der Waals surface area contributed by atoms with Crippen LogP contribution in [0.3, 0.4) is 0 Å². The molecule has 0 aromatic heterocycles. The summed E-state index contributed by atoms with van der Waals surface area (Å²) in [7, 11) is 0. The Morgan fingerprint density at radius 1 is 1.11 bits per heavy atom. The summed E-state index contributed by atoms with van der Waals surface area (Å²) in [6.07, 6.45) is 7.24. The maximum Gasteiger partial charge on any atom is 0.0658 e. The summed E-state index contributed by atoms with van der Waals surface area (Å²) in [5.74, 6) is 0. The molecule has 0 aliphatic rings. The number of hydrogen-bond acceptors (Lipinski definition) is 2. The van der Waals surface area contributed by atoms with Gasteiger partial charge in [-0.25, -0.2) is 0 Å². The van der Waals surface area contributed by atoms with Crippen molar-refractivity contribution in [2.24, 2.45) is 0 Å². The number of aliphatic hydroxyl groups excluding tert-OH is 1. The minimum Gasteiger partial charge on any atom is -0.394 e. The van der Waals surface area contributed by atoms with Gasteiger partial charge in [-0.3, -0.25) is 0 Å². The highest BCUT2D eigenvalue weighted by molar-refractivity contribution is 6.30. The molecule has 1 aromatic rings. The highest BCUT2D eigenvalue weighted by atomic mass is 35.5. The Kier molecular flexibility index (Phi) is 7.25. The van der Waals surface area contributed by atoms with Crippen LogP contribution in [0.4, 0.5) is 5.69 Å². The van der Waals surface area contributed by atoms with Gasteiger partial charge in [-0.2, -0.15) is 0 Å². The van der Waals surface area contributed by atoms with E-state index in [-0.39, 0.29) is 12.1 Å². The summed E-state index contributed by atoms with van der Waals surface area (Å²) < 4.78 is 0. The summed E-state index contributed by atoms with van der Waals surface area (Å²) >= 11 is 5.87. The Morgan fingerprint density at radius 3 is 2.32 bits per heavy atom. The second-order valence-electron chi connectivity index (χ2n) is 5.51. The molecule has 3 heteroatoms. The van der Waals surface area contributed by atoms with Gasteiger partial charge in [-0.05, 0) is 37.6 Å². The van der Waals surface area contributed by atoms with Crippen molar-refractivity contribution >= 4 is 17.3 Å². The fraction of sp³-hybridized carbons (Fsp3) is 0.625. The molecule has 0 fully saturated rings. The Balaban J connectivity index is 2.43. The van der Waals surface area contributed by atoms with Crippen molar-refractivity contribution < 1.29 is 5.11 Å². The summed E-state index contributed by atoms with van der Waals surface area (Å²) in [5.41, 5.74) is 0.759. The molecule has 19 heavy (non-hydrogen) atoms. The van der Waals surface area contributed by atoms with Crippen LogP contribution in [0.15, 0.2) is 24.3 Å². The average molecular weight is 284 g/mol. The van der Waals surface area contributed by atoms with E-state index in [0.717, 1.165) is 23.6 Å². The zero-order chi connectivity index (χ0) is 14.1. The van der Waals surface area contributed by atoms with Gasteiger partial charge < -0.3 is 10.4 Å². The first-order valence-electron chi connectivity index (χ1n) is 7.24. The van der Waals surface area contributed by atoms with E-state index < -0.39 is 0 Å². The predicted octanol–water partition coefficient (Wildman–Crippen LogP) is 4.86. The number of hydrogen-bond donors (Lipinski definition) is 2. The molecule has 0 heterocycles. The Morgan fingerprint density at radius 2 is 1.74 bits per heavy atom. The van der Waals surface area contributed by atoms with Crippen molar-refractivity contribution in [1.29, 1.82) is 0 Å². The second-order valence-corrected chi connectivity index (χ2v) is 5.95. The van der Waals surface area contributed by atoms with Crippen molar-refractivity contribution in [2.45, 2.75) is 57.9 Å². The molecular formula is C16H26ClNO. The molecule has 0 aliphatic heterocycles. The predicted molar refractivity (Wildman–Crippen MR) is 83.9 cm³/mol. The number of nitrogens with one attached hydrogen (secondary N) is 1. The summed E-state index contributed by atoms with van der Waals surface area (Å²) in [5, 5.41) is 13.8. The Labute approximate surface area is 122 Å². The van der Waals surface area contributed by atoms with Gasteiger partial charge >= 0.3 is 0 Å². The van der Waals surface area contributed by atoms with Crippen LogP contribution < -0.4 is 5.32 Å². The highest BCUT2D eigenvalue weighted by Crippen LogP contribution is 2.22. The van der Waals surface area contributed by atoms with Crippen LogP contribution in [-0.4, -0.2) is 17.3 Å². The van der Waals surface area contributed by atoms with Crippen LogP contribution in [0, 0.1) is 0 Å². The first-order valence-corrected chi connectivity index (χ1v) is 7.62. The molecule has 1 unspecified atom stereocenters. The van der Waals surface area contributed by atoms with Crippen LogP contribution in [0.1, 0.15) is 52.4 Å². The SMILES string of the molecule is CCCCCCCC(C)(CO)Nc1ccc(Cl)cc1. The third-order valence-electron chi connectivity index (χ3n) is 3.47. The molecule has 1 rings (SSSR count). The summed E-state index contributed by atoms with van der Waals surface area (Å²) in [4.78, 5) is 0. The number of aliphatic hydroxyl groups is 1. The second kappa shape index (κ2) is 8.44. The standard InChI is InChI=1S/C16H26ClNO/c1-3-4-5-6-7-12-16(2,13-19)18-15-10-8-14(17)9-11-15/h8-11,18-19H,3-7,12-13H2,1-2H3. The Bertz CT molecular complexity index is 352. The molecule has 0 spiro atoms. The fourth-order valence-electron chi connectivity index (χ4n) is 2.18. The molecule has 0 radical (unpaired) electrons. The summed E-state index contributed by atoms with van der Waals surface area (Å²) in [6.45, 7) is 4.44. The lowest BCUT2D eigenvalue weighted by Crippen LogP contribution is -2.38. The van der Waals surface area contributed by atoms with Crippen LogP contribution in [-0.2, 0) is 0 Å². The van der Waals surface area contributed by atoms with Crippen LogP contribution >= 0.6 is 11.6 Å². The monoisotopic (exact) mass is 283 g/mol. The lowest BCUT2D eigenvalue weighted by molar-refractivity contribution is 0.211. The van der Waals surface area contributed by atoms with Crippen molar-refractivity contribution in [3.63, 3.8) is 0 Å². The first-order chi connectivity index (χ1) is 9.09. The topological polar surface area (TPSA) is 32.3 Å². The van der Waals surface area contributed by atoms with Gasteiger partial charge in [0.1, 0.15) is 0 Å². The zero-order valence-electron chi connectivity index (χ0n) is 12.1. The molecule has 0 bridgehead atoms. The largest absolute Gasteiger partial charge is 0.394 e. The smallest absolute Gasteiger partial charge is 0.0658 e. The van der Waals surface area contributed by atoms with E-state index in [4.69, 9.17) is 11.6 Å². The minimum absolute atomic E-state index is 0.142. The van der Waals surface area contributed by atoms with Gasteiger partial charge in [0, 0.05) is 10.7 Å². The van der Waals surface area contributed by atoms with E-state index in [0.29, 0.717) is 0 Å². The van der Waals surface area contributed by atoms with Crippen LogP contribution in [0.25, 0.3) is 0 Å². The molecular weight excluding hydrogens is 258 g/mol. The molecule has 0 saturated heterocycles. The quantitative estimate of drug-likeness (QED) is 0.634. The van der Waals surface area contributed by atoms with E-state index in [2.05, 4.69) is 19.2 Å². The first kappa shape index (κ1) is 16.3. The van der Waals surface area contributed by atoms with Crippen molar-refractivity contribution in [1.82, 2.24) is 0 Å². The van der Waals surface area contributed by atoms with Crippen molar-refractivity contribution in [3.8, 4) is 0 Å². The van der Waals surface area contributed by atoms with Crippen LogP contribution in [0.5, 0.6) is 0 Å². The molecule has 2 nitrogen and oxygen atoms in total. The lowest BCUT2D eigenvalue weighted by atomic mass is 9.94. The van der Waals surface area contributed by atoms with E-state index in [1.165, 1.54) is 25.7 Å². The number of halogens is 1. The summed E-state index contributed by atoms with van der Waals surface area (Å²) in [6, 6.07) is 7.63. The minimum atomic E-state index is -0.250. The fourth-order valence-corrected chi connectivity index (χ4v) is 2.31. The van der Waals surface area contributed by atoms with Gasteiger partial charge in [0.05, 0.1) is 12.1 Å². The van der Waals surface area contributed by atoms with E-state index in [1.807, 2.05) is 24.3 Å². The molecule has 0 aliphatic carbocycles. The third-order valence-corrected chi connectivity index (χ3v) is 3.72. The molecule has 0 amide bonds. The molecule has 1 atom stereocenters. The molecule has 108 valence electrons. The Hall–Kier alpha value is -0.730. The lowest BCUT2D eigenvalue weighted by Gasteiger charge is -2.30. The number of unbranched alkanes of at least 4 members (excludes halogenated alkanes) is 4. The maximum absolute atomic E-state index is 9.62. The van der Waals surface area contributed by atoms with Crippen molar-refractivity contribution in [2.75, 3.05) is 11.9 Å². The number of anilines is 1. The van der Waals surface area contributed by atoms with Crippen LogP contribution in [0.2, 0.25) is 5.02 Å². The average Bonchev–Trinajstić information content (AvgIpc) is 2.41. The molecule has 0 saturated carbocycles. The van der Waals surface area contributed by atoms with Gasteiger partial charge in [0.15, 0.2) is 0 Å². The number of rotatable bonds is 9. The van der Waals surface area contributed by atoms with Gasteiger partial charge in [-0.1, -0.05) is 50.6 Å². The number of benzene rings is 1. The maximum atomic E-state index is 9.62. The highest BCUT2D eigenvalue weighted by Gasteiger charge is 2.22. The van der Waals surface area contributed by atoms with Gasteiger partial charge in [0.25, 0.3) is 0 Å². The molecule has 1 aromatic carbocycles. The van der Waals surface area contributed by atoms with Gasteiger partial charge in [0.2, 0.25) is 0 Å². The van der Waals surface area contributed by atoms with E-state index in [9.17, 15) is 5.11 Å². The normalized spacial score (nSPS) is 14.1. The molecule has 2 N–H and O–H groups in total. The van der Waals surface area contributed by atoms with E-state index >= 15 is 0 Å². The third kappa shape index (κ3) is 6.31. The van der Waals surface area contributed by atoms with Gasteiger partial charge in [-0.15, -0.1) is 0 Å². The zero-order valence-corrected chi connectivity index (χ0v) is 12.8. The van der Waals surface area contributed by atoms with Crippen molar-refractivity contribution in [3.05, 3.63) is 29.3 Å². The van der Waals surface area contributed by atoms with E-state index in [1.54, 1.807) is 0 Å².